The average molecular weight is 201 g/mol. The van der Waals surface area contributed by atoms with Gasteiger partial charge in [0.1, 0.15) is 0 Å². The number of aliphatic hydroxyl groups excluding tert-OH is 1. The maximum atomic E-state index is 9.81. The van der Waals surface area contributed by atoms with Crippen LogP contribution in [0, 0.1) is 5.41 Å². The van der Waals surface area contributed by atoms with Crippen LogP contribution in [0.15, 0.2) is 0 Å². The summed E-state index contributed by atoms with van der Waals surface area (Å²) in [6, 6.07) is 0.431. The van der Waals surface area contributed by atoms with Crippen molar-refractivity contribution in [2.45, 2.75) is 45.8 Å². The molecule has 0 aromatic carbocycles. The van der Waals surface area contributed by atoms with Crippen LogP contribution in [0.25, 0.3) is 0 Å². The SMILES string of the molecule is CC(C)(C)C(O)CNC1CCCOC1. The molecule has 0 aromatic heterocycles. The zero-order valence-electron chi connectivity index (χ0n) is 9.55. The van der Waals surface area contributed by atoms with Crippen molar-refractivity contribution in [1.82, 2.24) is 5.32 Å². The first-order valence-corrected chi connectivity index (χ1v) is 5.49. The molecule has 1 aliphatic heterocycles. The van der Waals surface area contributed by atoms with E-state index in [4.69, 9.17) is 4.74 Å². The van der Waals surface area contributed by atoms with Gasteiger partial charge in [-0.1, -0.05) is 20.8 Å². The first kappa shape index (κ1) is 12.0. The third-order valence-electron chi connectivity index (χ3n) is 2.76. The molecule has 0 spiro atoms. The summed E-state index contributed by atoms with van der Waals surface area (Å²) in [4.78, 5) is 0. The maximum absolute atomic E-state index is 9.81. The molecule has 3 heteroatoms. The zero-order valence-corrected chi connectivity index (χ0v) is 9.55. The summed E-state index contributed by atoms with van der Waals surface area (Å²) in [6.45, 7) is 8.50. The second-order valence-electron chi connectivity index (χ2n) is 5.20. The topological polar surface area (TPSA) is 41.5 Å². The van der Waals surface area contributed by atoms with Gasteiger partial charge in [-0.25, -0.2) is 0 Å². The van der Waals surface area contributed by atoms with Gasteiger partial charge in [0.15, 0.2) is 0 Å². The standard InChI is InChI=1S/C11H23NO2/c1-11(2,3)10(13)7-12-9-5-4-6-14-8-9/h9-10,12-13H,4-8H2,1-3H3. The van der Waals surface area contributed by atoms with Crippen molar-refractivity contribution < 1.29 is 9.84 Å². The van der Waals surface area contributed by atoms with E-state index in [1.54, 1.807) is 0 Å². The molecule has 1 heterocycles. The molecule has 0 aliphatic carbocycles. The predicted molar refractivity (Wildman–Crippen MR) is 57.3 cm³/mol. The van der Waals surface area contributed by atoms with Gasteiger partial charge in [0.25, 0.3) is 0 Å². The van der Waals surface area contributed by atoms with Crippen LogP contribution >= 0.6 is 0 Å². The Kier molecular flexibility index (Phi) is 4.35. The van der Waals surface area contributed by atoms with E-state index < -0.39 is 0 Å². The first-order valence-electron chi connectivity index (χ1n) is 5.49. The van der Waals surface area contributed by atoms with Gasteiger partial charge < -0.3 is 15.2 Å². The van der Waals surface area contributed by atoms with Gasteiger partial charge in [-0.05, 0) is 18.3 Å². The summed E-state index contributed by atoms with van der Waals surface area (Å²) >= 11 is 0. The van der Waals surface area contributed by atoms with Crippen LogP contribution in [-0.4, -0.2) is 37.0 Å². The lowest BCUT2D eigenvalue weighted by atomic mass is 9.89. The zero-order chi connectivity index (χ0) is 10.6. The third kappa shape index (κ3) is 3.95. The fourth-order valence-corrected chi connectivity index (χ4v) is 1.49. The molecule has 0 bridgehead atoms. The summed E-state index contributed by atoms with van der Waals surface area (Å²) in [5.41, 5.74) is -0.0392. The summed E-state index contributed by atoms with van der Waals surface area (Å²) < 4.78 is 5.36. The van der Waals surface area contributed by atoms with Crippen LogP contribution < -0.4 is 5.32 Å². The van der Waals surface area contributed by atoms with E-state index in [1.165, 1.54) is 0 Å². The molecule has 0 amide bonds. The quantitative estimate of drug-likeness (QED) is 0.720. The minimum absolute atomic E-state index is 0.0392. The molecule has 1 fully saturated rings. The molecule has 0 aromatic rings. The van der Waals surface area contributed by atoms with Crippen molar-refractivity contribution in [3.05, 3.63) is 0 Å². The van der Waals surface area contributed by atoms with Crippen LogP contribution in [0.1, 0.15) is 33.6 Å². The molecule has 0 saturated carbocycles. The van der Waals surface area contributed by atoms with Crippen molar-refractivity contribution in [2.75, 3.05) is 19.8 Å². The highest BCUT2D eigenvalue weighted by Gasteiger charge is 2.23. The van der Waals surface area contributed by atoms with Crippen molar-refractivity contribution in [3.8, 4) is 0 Å². The second-order valence-corrected chi connectivity index (χ2v) is 5.20. The number of aliphatic hydroxyl groups is 1. The Morgan fingerprint density at radius 1 is 1.50 bits per heavy atom. The highest BCUT2D eigenvalue weighted by Crippen LogP contribution is 2.18. The van der Waals surface area contributed by atoms with Gasteiger partial charge in [0.2, 0.25) is 0 Å². The van der Waals surface area contributed by atoms with Crippen molar-refractivity contribution in [2.24, 2.45) is 5.41 Å². The van der Waals surface area contributed by atoms with E-state index >= 15 is 0 Å². The largest absolute Gasteiger partial charge is 0.391 e. The molecule has 14 heavy (non-hydrogen) atoms. The highest BCUT2D eigenvalue weighted by atomic mass is 16.5. The van der Waals surface area contributed by atoms with Crippen molar-refractivity contribution in [3.63, 3.8) is 0 Å². The number of rotatable bonds is 3. The lowest BCUT2D eigenvalue weighted by Crippen LogP contribution is -2.44. The fraction of sp³-hybridized carbons (Fsp3) is 1.00. The second kappa shape index (κ2) is 5.10. The Labute approximate surface area is 86.8 Å². The van der Waals surface area contributed by atoms with Crippen LogP contribution in [-0.2, 0) is 4.74 Å². The summed E-state index contributed by atoms with van der Waals surface area (Å²) in [6.07, 6.45) is 2.00. The Hall–Kier alpha value is -0.120. The van der Waals surface area contributed by atoms with Gasteiger partial charge in [-0.15, -0.1) is 0 Å². The summed E-state index contributed by atoms with van der Waals surface area (Å²) in [5.74, 6) is 0. The first-order chi connectivity index (χ1) is 6.50. The normalized spacial score (nSPS) is 26.1. The van der Waals surface area contributed by atoms with Crippen LogP contribution in [0.2, 0.25) is 0 Å². The van der Waals surface area contributed by atoms with Crippen LogP contribution in [0.4, 0.5) is 0 Å². The summed E-state index contributed by atoms with van der Waals surface area (Å²) in [7, 11) is 0. The van der Waals surface area contributed by atoms with E-state index in [9.17, 15) is 5.11 Å². The molecule has 0 radical (unpaired) electrons. The van der Waals surface area contributed by atoms with Gasteiger partial charge in [-0.3, -0.25) is 0 Å². The Morgan fingerprint density at radius 3 is 2.71 bits per heavy atom. The molecule has 2 atom stereocenters. The molecule has 1 saturated heterocycles. The predicted octanol–water partition coefficient (Wildman–Crippen LogP) is 1.16. The Balaban J connectivity index is 2.19. The molecule has 2 unspecified atom stereocenters. The van der Waals surface area contributed by atoms with E-state index in [0.29, 0.717) is 12.6 Å². The van der Waals surface area contributed by atoms with E-state index in [1.807, 2.05) is 0 Å². The molecule has 1 rings (SSSR count). The number of hydrogen-bond acceptors (Lipinski definition) is 3. The van der Waals surface area contributed by atoms with Crippen LogP contribution in [0.5, 0.6) is 0 Å². The maximum Gasteiger partial charge on any atom is 0.0712 e. The molecular formula is C11H23NO2. The number of hydrogen-bond donors (Lipinski definition) is 2. The van der Waals surface area contributed by atoms with Crippen LogP contribution in [0.3, 0.4) is 0 Å². The van der Waals surface area contributed by atoms with Gasteiger partial charge in [-0.2, -0.15) is 0 Å². The minimum Gasteiger partial charge on any atom is -0.391 e. The minimum atomic E-state index is -0.288. The average Bonchev–Trinajstić information content (AvgIpc) is 2.14. The van der Waals surface area contributed by atoms with Gasteiger partial charge in [0, 0.05) is 19.2 Å². The summed E-state index contributed by atoms with van der Waals surface area (Å²) in [5, 5.41) is 13.2. The molecule has 1 aliphatic rings. The van der Waals surface area contributed by atoms with E-state index in [0.717, 1.165) is 26.1 Å². The number of ether oxygens (including phenoxy) is 1. The van der Waals surface area contributed by atoms with Gasteiger partial charge >= 0.3 is 0 Å². The molecule has 2 N–H and O–H groups in total. The van der Waals surface area contributed by atoms with Gasteiger partial charge in [0.05, 0.1) is 12.7 Å². The fourth-order valence-electron chi connectivity index (χ4n) is 1.49. The molecule has 3 nitrogen and oxygen atoms in total. The molecular weight excluding hydrogens is 178 g/mol. The highest BCUT2D eigenvalue weighted by molar-refractivity contribution is 4.78. The van der Waals surface area contributed by atoms with E-state index in [2.05, 4.69) is 26.1 Å². The number of nitrogens with one attached hydrogen (secondary N) is 1. The molecule has 84 valence electrons. The Morgan fingerprint density at radius 2 is 2.21 bits per heavy atom. The Bertz CT molecular complexity index is 159. The lowest BCUT2D eigenvalue weighted by Gasteiger charge is -2.29. The van der Waals surface area contributed by atoms with Crippen molar-refractivity contribution >= 4 is 0 Å². The smallest absolute Gasteiger partial charge is 0.0712 e. The monoisotopic (exact) mass is 201 g/mol. The lowest BCUT2D eigenvalue weighted by molar-refractivity contribution is 0.0392. The van der Waals surface area contributed by atoms with E-state index in [-0.39, 0.29) is 11.5 Å². The third-order valence-corrected chi connectivity index (χ3v) is 2.76. The van der Waals surface area contributed by atoms with Crippen molar-refractivity contribution in [1.29, 1.82) is 0 Å².